The monoisotopic (exact) mass is 330 g/mol. The zero-order valence-corrected chi connectivity index (χ0v) is 15.3. The van der Waals surface area contributed by atoms with Crippen LogP contribution in [0.15, 0.2) is 24.3 Å². The second-order valence-electron chi connectivity index (χ2n) is 6.66. The Hall–Kier alpha value is -1.84. The molecule has 0 aliphatic carbocycles. The summed E-state index contributed by atoms with van der Waals surface area (Å²) < 4.78 is 0. The summed E-state index contributed by atoms with van der Waals surface area (Å²) >= 11 is 0. The minimum atomic E-state index is 0.144. The number of nitrogens with zero attached hydrogens (tertiary/aromatic N) is 2. The van der Waals surface area contributed by atoms with Gasteiger partial charge in [-0.15, -0.1) is 0 Å². The van der Waals surface area contributed by atoms with E-state index in [4.69, 9.17) is 0 Å². The summed E-state index contributed by atoms with van der Waals surface area (Å²) in [7, 11) is 0. The van der Waals surface area contributed by atoms with Crippen LogP contribution in [0.25, 0.3) is 0 Å². The highest BCUT2D eigenvalue weighted by Gasteiger charge is 2.25. The smallest absolute Gasteiger partial charge is 0.254 e. The average Bonchev–Trinajstić information content (AvgIpc) is 2.61. The SMILES string of the molecule is CCN(CC)C(=O)CCC1CCN(C(=O)c2ccccc2C)CC1. The highest BCUT2D eigenvalue weighted by Crippen LogP contribution is 2.24. The average molecular weight is 330 g/mol. The number of piperidine rings is 1. The third-order valence-corrected chi connectivity index (χ3v) is 5.16. The summed E-state index contributed by atoms with van der Waals surface area (Å²) in [6.45, 7) is 9.22. The van der Waals surface area contributed by atoms with E-state index in [1.807, 2.05) is 54.8 Å². The quantitative estimate of drug-likeness (QED) is 0.801. The molecule has 0 spiro atoms. The molecule has 0 unspecified atom stereocenters. The molecule has 1 aliphatic heterocycles. The minimum Gasteiger partial charge on any atom is -0.343 e. The Balaban J connectivity index is 1.80. The van der Waals surface area contributed by atoms with Gasteiger partial charge in [0.2, 0.25) is 5.91 Å². The third-order valence-electron chi connectivity index (χ3n) is 5.16. The summed E-state index contributed by atoms with van der Waals surface area (Å²) in [5, 5.41) is 0. The Morgan fingerprint density at radius 3 is 2.33 bits per heavy atom. The Morgan fingerprint density at radius 2 is 1.75 bits per heavy atom. The molecular formula is C20H30N2O2. The van der Waals surface area contributed by atoms with E-state index in [1.54, 1.807) is 0 Å². The van der Waals surface area contributed by atoms with Gasteiger partial charge in [0.25, 0.3) is 5.91 Å². The van der Waals surface area contributed by atoms with E-state index in [2.05, 4.69) is 0 Å². The van der Waals surface area contributed by atoms with Gasteiger partial charge in [-0.2, -0.15) is 0 Å². The van der Waals surface area contributed by atoms with Gasteiger partial charge in [0.1, 0.15) is 0 Å². The molecule has 0 N–H and O–H groups in total. The summed E-state index contributed by atoms with van der Waals surface area (Å²) in [6, 6.07) is 7.78. The first-order valence-corrected chi connectivity index (χ1v) is 9.19. The van der Waals surface area contributed by atoms with Crippen molar-refractivity contribution in [2.45, 2.75) is 46.5 Å². The molecule has 0 atom stereocenters. The van der Waals surface area contributed by atoms with Gasteiger partial charge in [-0.1, -0.05) is 18.2 Å². The predicted molar refractivity (Wildman–Crippen MR) is 97.0 cm³/mol. The van der Waals surface area contributed by atoms with Crippen molar-refractivity contribution >= 4 is 11.8 Å². The molecule has 1 saturated heterocycles. The fraction of sp³-hybridized carbons (Fsp3) is 0.600. The standard InChI is InChI=1S/C20H30N2O2/c1-4-21(5-2)19(23)11-10-17-12-14-22(15-13-17)20(24)18-9-7-6-8-16(18)3/h6-9,17H,4-5,10-15H2,1-3H3. The van der Waals surface area contributed by atoms with Crippen molar-refractivity contribution in [2.75, 3.05) is 26.2 Å². The number of carbonyl (C=O) groups is 2. The molecule has 132 valence electrons. The molecule has 1 aliphatic rings. The van der Waals surface area contributed by atoms with Gasteiger partial charge < -0.3 is 9.80 Å². The summed E-state index contributed by atoms with van der Waals surface area (Å²) in [5.41, 5.74) is 1.85. The van der Waals surface area contributed by atoms with Gasteiger partial charge in [-0.25, -0.2) is 0 Å². The Labute approximate surface area is 145 Å². The van der Waals surface area contributed by atoms with E-state index in [0.717, 1.165) is 56.6 Å². The van der Waals surface area contributed by atoms with Gasteiger partial charge in [0, 0.05) is 38.2 Å². The van der Waals surface area contributed by atoms with Crippen LogP contribution in [0.5, 0.6) is 0 Å². The van der Waals surface area contributed by atoms with Crippen LogP contribution in [-0.2, 0) is 4.79 Å². The first-order valence-electron chi connectivity index (χ1n) is 9.19. The van der Waals surface area contributed by atoms with E-state index >= 15 is 0 Å². The number of hydrogen-bond donors (Lipinski definition) is 0. The van der Waals surface area contributed by atoms with Crippen molar-refractivity contribution in [2.24, 2.45) is 5.92 Å². The van der Waals surface area contributed by atoms with Crippen LogP contribution in [0, 0.1) is 12.8 Å². The molecule has 0 saturated carbocycles. The molecule has 1 aromatic carbocycles. The van der Waals surface area contributed by atoms with Crippen molar-refractivity contribution < 1.29 is 9.59 Å². The fourth-order valence-electron chi connectivity index (χ4n) is 3.47. The Bertz CT molecular complexity index is 559. The molecule has 2 rings (SSSR count). The number of rotatable bonds is 6. The number of carbonyl (C=O) groups excluding carboxylic acids is 2. The van der Waals surface area contributed by atoms with Crippen LogP contribution in [0.1, 0.15) is 55.5 Å². The van der Waals surface area contributed by atoms with Gasteiger partial charge in [0.05, 0.1) is 0 Å². The van der Waals surface area contributed by atoms with Crippen LogP contribution < -0.4 is 0 Å². The number of hydrogen-bond acceptors (Lipinski definition) is 2. The topological polar surface area (TPSA) is 40.6 Å². The fourth-order valence-corrected chi connectivity index (χ4v) is 3.47. The second kappa shape index (κ2) is 8.86. The highest BCUT2D eigenvalue weighted by molar-refractivity contribution is 5.95. The maximum Gasteiger partial charge on any atom is 0.254 e. The van der Waals surface area contributed by atoms with Gasteiger partial charge in [-0.3, -0.25) is 9.59 Å². The Morgan fingerprint density at radius 1 is 1.12 bits per heavy atom. The van der Waals surface area contributed by atoms with Gasteiger partial charge in [0.15, 0.2) is 0 Å². The second-order valence-corrected chi connectivity index (χ2v) is 6.66. The lowest BCUT2D eigenvalue weighted by Crippen LogP contribution is -2.39. The maximum atomic E-state index is 12.6. The number of likely N-dealkylation sites (tertiary alicyclic amines) is 1. The first-order chi connectivity index (χ1) is 11.6. The lowest BCUT2D eigenvalue weighted by Gasteiger charge is -2.32. The van der Waals surface area contributed by atoms with E-state index in [-0.39, 0.29) is 11.8 Å². The molecule has 24 heavy (non-hydrogen) atoms. The van der Waals surface area contributed by atoms with Crippen LogP contribution in [0.4, 0.5) is 0 Å². The van der Waals surface area contributed by atoms with Crippen molar-refractivity contribution in [3.8, 4) is 0 Å². The highest BCUT2D eigenvalue weighted by atomic mass is 16.2. The van der Waals surface area contributed by atoms with Crippen molar-refractivity contribution in [1.82, 2.24) is 9.80 Å². The summed E-state index contributed by atoms with van der Waals surface area (Å²) in [4.78, 5) is 28.6. The summed E-state index contributed by atoms with van der Waals surface area (Å²) in [5.74, 6) is 0.967. The van der Waals surface area contributed by atoms with Crippen LogP contribution in [-0.4, -0.2) is 47.8 Å². The van der Waals surface area contributed by atoms with Crippen LogP contribution in [0.3, 0.4) is 0 Å². The van der Waals surface area contributed by atoms with E-state index in [9.17, 15) is 9.59 Å². The molecule has 1 aromatic rings. The zero-order valence-electron chi connectivity index (χ0n) is 15.3. The lowest BCUT2D eigenvalue weighted by atomic mass is 9.91. The zero-order chi connectivity index (χ0) is 17.5. The van der Waals surface area contributed by atoms with Crippen molar-refractivity contribution in [3.63, 3.8) is 0 Å². The number of aryl methyl sites for hydroxylation is 1. The first kappa shape index (κ1) is 18.5. The van der Waals surface area contributed by atoms with E-state index in [0.29, 0.717) is 12.3 Å². The molecule has 0 aromatic heterocycles. The van der Waals surface area contributed by atoms with E-state index in [1.165, 1.54) is 0 Å². The summed E-state index contributed by atoms with van der Waals surface area (Å²) in [6.07, 6.45) is 3.59. The van der Waals surface area contributed by atoms with E-state index < -0.39 is 0 Å². The largest absolute Gasteiger partial charge is 0.343 e. The van der Waals surface area contributed by atoms with Crippen molar-refractivity contribution in [3.05, 3.63) is 35.4 Å². The Kier molecular flexibility index (Phi) is 6.83. The predicted octanol–water partition coefficient (Wildman–Crippen LogP) is 3.50. The van der Waals surface area contributed by atoms with Gasteiger partial charge >= 0.3 is 0 Å². The molecule has 2 amide bonds. The number of benzene rings is 1. The number of amides is 2. The molecule has 1 fully saturated rings. The normalized spacial score (nSPS) is 15.4. The molecular weight excluding hydrogens is 300 g/mol. The molecule has 0 bridgehead atoms. The third kappa shape index (κ3) is 4.59. The maximum absolute atomic E-state index is 12.6. The minimum absolute atomic E-state index is 0.144. The van der Waals surface area contributed by atoms with Gasteiger partial charge in [-0.05, 0) is 57.6 Å². The van der Waals surface area contributed by atoms with Crippen LogP contribution >= 0.6 is 0 Å². The lowest BCUT2D eigenvalue weighted by molar-refractivity contribution is -0.131. The molecule has 4 heteroatoms. The van der Waals surface area contributed by atoms with Crippen molar-refractivity contribution in [1.29, 1.82) is 0 Å². The van der Waals surface area contributed by atoms with Crippen LogP contribution in [0.2, 0.25) is 0 Å². The molecule has 4 nitrogen and oxygen atoms in total. The molecule has 1 heterocycles. The molecule has 0 radical (unpaired) electrons.